The predicted octanol–water partition coefficient (Wildman–Crippen LogP) is 2.09. The van der Waals surface area contributed by atoms with Crippen molar-refractivity contribution in [2.45, 2.75) is 31.3 Å². The number of sulfonamides is 1. The lowest BCUT2D eigenvalue weighted by Gasteiger charge is -2.17. The zero-order valence-electron chi connectivity index (χ0n) is 14.3. The number of para-hydroxylation sites is 1. The third-order valence-corrected chi connectivity index (χ3v) is 5.35. The number of hydrogen-bond donors (Lipinski definition) is 3. The van der Waals surface area contributed by atoms with Gasteiger partial charge in [-0.1, -0.05) is 43.3 Å². The quantitative estimate of drug-likeness (QED) is 0.703. The highest BCUT2D eigenvalue weighted by molar-refractivity contribution is 7.92. The molecule has 0 aliphatic rings. The van der Waals surface area contributed by atoms with E-state index in [1.807, 2.05) is 0 Å². The SMILES string of the molecule is CC(N)C(C)C(=O)NCc1ccccc1NS(=O)(=O)c1ccccc1. The van der Waals surface area contributed by atoms with Crippen LogP contribution in [0.2, 0.25) is 0 Å². The maximum Gasteiger partial charge on any atom is 0.261 e. The lowest BCUT2D eigenvalue weighted by Crippen LogP contribution is -2.38. The van der Waals surface area contributed by atoms with Crippen molar-refractivity contribution in [1.29, 1.82) is 0 Å². The highest BCUT2D eigenvalue weighted by Gasteiger charge is 2.18. The van der Waals surface area contributed by atoms with Gasteiger partial charge in [0, 0.05) is 18.5 Å². The molecule has 2 unspecified atom stereocenters. The number of nitrogens with two attached hydrogens (primary N) is 1. The lowest BCUT2D eigenvalue weighted by atomic mass is 10.0. The van der Waals surface area contributed by atoms with Crippen LogP contribution in [0.25, 0.3) is 0 Å². The van der Waals surface area contributed by atoms with E-state index in [2.05, 4.69) is 10.0 Å². The molecule has 134 valence electrons. The largest absolute Gasteiger partial charge is 0.352 e. The molecule has 6 nitrogen and oxygen atoms in total. The van der Waals surface area contributed by atoms with E-state index in [0.29, 0.717) is 11.3 Å². The van der Waals surface area contributed by atoms with Gasteiger partial charge in [0.1, 0.15) is 0 Å². The third kappa shape index (κ3) is 5.04. The summed E-state index contributed by atoms with van der Waals surface area (Å²) in [7, 11) is -3.69. The van der Waals surface area contributed by atoms with Crippen molar-refractivity contribution < 1.29 is 13.2 Å². The monoisotopic (exact) mass is 361 g/mol. The van der Waals surface area contributed by atoms with E-state index < -0.39 is 10.0 Å². The smallest absolute Gasteiger partial charge is 0.261 e. The molecule has 0 heterocycles. The second-order valence-electron chi connectivity index (χ2n) is 5.94. The topological polar surface area (TPSA) is 101 Å². The van der Waals surface area contributed by atoms with E-state index in [4.69, 9.17) is 5.73 Å². The average Bonchev–Trinajstić information content (AvgIpc) is 2.60. The first-order chi connectivity index (χ1) is 11.8. The Morgan fingerprint density at radius 2 is 1.64 bits per heavy atom. The van der Waals surface area contributed by atoms with Crippen LogP contribution >= 0.6 is 0 Å². The van der Waals surface area contributed by atoms with Crippen molar-refractivity contribution in [1.82, 2.24) is 5.32 Å². The van der Waals surface area contributed by atoms with Crippen LogP contribution in [0.3, 0.4) is 0 Å². The first-order valence-electron chi connectivity index (χ1n) is 8.00. The molecule has 0 radical (unpaired) electrons. The Morgan fingerprint density at radius 3 is 2.28 bits per heavy atom. The van der Waals surface area contributed by atoms with Gasteiger partial charge in [-0.25, -0.2) is 8.42 Å². The van der Waals surface area contributed by atoms with Gasteiger partial charge in [0.05, 0.1) is 10.6 Å². The first-order valence-corrected chi connectivity index (χ1v) is 9.48. The molecule has 0 aromatic heterocycles. The van der Waals surface area contributed by atoms with Gasteiger partial charge >= 0.3 is 0 Å². The van der Waals surface area contributed by atoms with Crippen LogP contribution in [-0.2, 0) is 21.4 Å². The second-order valence-corrected chi connectivity index (χ2v) is 7.62. The van der Waals surface area contributed by atoms with Crippen molar-refractivity contribution in [3.63, 3.8) is 0 Å². The van der Waals surface area contributed by atoms with Crippen molar-refractivity contribution >= 4 is 21.6 Å². The summed E-state index contributed by atoms with van der Waals surface area (Å²) in [4.78, 5) is 12.2. The fourth-order valence-corrected chi connectivity index (χ4v) is 3.28. The van der Waals surface area contributed by atoms with Gasteiger partial charge in [0.15, 0.2) is 0 Å². The number of nitrogens with one attached hydrogen (secondary N) is 2. The number of amides is 1. The minimum absolute atomic E-state index is 0.171. The van der Waals surface area contributed by atoms with Crippen molar-refractivity contribution in [2.24, 2.45) is 11.7 Å². The number of anilines is 1. The number of benzene rings is 2. The Labute approximate surface area is 148 Å². The molecule has 1 amide bonds. The average molecular weight is 361 g/mol. The van der Waals surface area contributed by atoms with Crippen LogP contribution < -0.4 is 15.8 Å². The summed E-state index contributed by atoms with van der Waals surface area (Å²) in [6, 6.07) is 14.8. The van der Waals surface area contributed by atoms with E-state index >= 15 is 0 Å². The summed E-state index contributed by atoms with van der Waals surface area (Å²) in [6.07, 6.45) is 0. The molecule has 7 heteroatoms. The van der Waals surface area contributed by atoms with E-state index in [9.17, 15) is 13.2 Å². The second kappa shape index (κ2) is 8.13. The van der Waals surface area contributed by atoms with Crippen LogP contribution in [0.4, 0.5) is 5.69 Å². The number of hydrogen-bond acceptors (Lipinski definition) is 4. The molecule has 2 aromatic carbocycles. The minimum atomic E-state index is -3.69. The summed E-state index contributed by atoms with van der Waals surface area (Å²) in [5.41, 5.74) is 6.83. The molecule has 25 heavy (non-hydrogen) atoms. The standard InChI is InChI=1S/C18H23N3O3S/c1-13(14(2)19)18(22)20-12-15-8-6-7-11-17(15)21-25(23,24)16-9-4-3-5-10-16/h3-11,13-14,21H,12,19H2,1-2H3,(H,20,22). The number of carbonyl (C=O) groups excluding carboxylic acids is 1. The Morgan fingerprint density at radius 1 is 1.04 bits per heavy atom. The van der Waals surface area contributed by atoms with Gasteiger partial charge in [-0.15, -0.1) is 0 Å². The molecule has 0 aliphatic heterocycles. The van der Waals surface area contributed by atoms with Crippen molar-refractivity contribution in [2.75, 3.05) is 4.72 Å². The Bertz CT molecular complexity index is 820. The maximum atomic E-state index is 12.5. The highest BCUT2D eigenvalue weighted by atomic mass is 32.2. The molecule has 0 bridgehead atoms. The van der Waals surface area contributed by atoms with Gasteiger partial charge in [0.25, 0.3) is 10.0 Å². The van der Waals surface area contributed by atoms with Gasteiger partial charge in [-0.3, -0.25) is 9.52 Å². The van der Waals surface area contributed by atoms with Gasteiger partial charge in [-0.2, -0.15) is 0 Å². The summed E-state index contributed by atoms with van der Waals surface area (Å²) >= 11 is 0. The molecule has 4 N–H and O–H groups in total. The van der Waals surface area contributed by atoms with Crippen LogP contribution in [-0.4, -0.2) is 20.4 Å². The normalized spacial score (nSPS) is 13.7. The molecule has 0 saturated heterocycles. The van der Waals surface area contributed by atoms with Gasteiger partial charge in [0.2, 0.25) is 5.91 Å². The molecular weight excluding hydrogens is 338 g/mol. The fourth-order valence-electron chi connectivity index (χ4n) is 2.16. The molecule has 0 saturated carbocycles. The number of carbonyl (C=O) groups is 1. The molecular formula is C18H23N3O3S. The fraction of sp³-hybridized carbons (Fsp3) is 0.278. The molecule has 0 aliphatic carbocycles. The number of rotatable bonds is 7. The zero-order chi connectivity index (χ0) is 18.4. The van der Waals surface area contributed by atoms with E-state index in [1.165, 1.54) is 12.1 Å². The van der Waals surface area contributed by atoms with Crippen molar-refractivity contribution in [3.05, 3.63) is 60.2 Å². The van der Waals surface area contributed by atoms with E-state index in [-0.39, 0.29) is 29.3 Å². The summed E-state index contributed by atoms with van der Waals surface area (Å²) in [5.74, 6) is -0.496. The van der Waals surface area contributed by atoms with Crippen LogP contribution in [0.1, 0.15) is 19.4 Å². The minimum Gasteiger partial charge on any atom is -0.352 e. The summed E-state index contributed by atoms with van der Waals surface area (Å²) in [5, 5.41) is 2.79. The van der Waals surface area contributed by atoms with E-state index in [1.54, 1.807) is 56.3 Å². The molecule has 2 rings (SSSR count). The third-order valence-electron chi connectivity index (χ3n) is 3.97. The lowest BCUT2D eigenvalue weighted by molar-refractivity contribution is -0.125. The summed E-state index contributed by atoms with van der Waals surface area (Å²) in [6.45, 7) is 3.74. The van der Waals surface area contributed by atoms with Gasteiger partial charge in [-0.05, 0) is 30.7 Å². The van der Waals surface area contributed by atoms with Crippen molar-refractivity contribution in [3.8, 4) is 0 Å². The van der Waals surface area contributed by atoms with Gasteiger partial charge < -0.3 is 11.1 Å². The molecule has 0 fully saturated rings. The van der Waals surface area contributed by atoms with Crippen LogP contribution in [0, 0.1) is 5.92 Å². The van der Waals surface area contributed by atoms with E-state index in [0.717, 1.165) is 0 Å². The Kier molecular flexibility index (Phi) is 6.17. The predicted molar refractivity (Wildman–Crippen MR) is 98.4 cm³/mol. The first kappa shape index (κ1) is 19.0. The van der Waals surface area contributed by atoms with Crippen LogP contribution in [0.15, 0.2) is 59.5 Å². The maximum absolute atomic E-state index is 12.5. The molecule has 0 spiro atoms. The molecule has 2 aromatic rings. The Hall–Kier alpha value is -2.38. The highest BCUT2D eigenvalue weighted by Crippen LogP contribution is 2.20. The zero-order valence-corrected chi connectivity index (χ0v) is 15.1. The van der Waals surface area contributed by atoms with Crippen LogP contribution in [0.5, 0.6) is 0 Å². The Balaban J connectivity index is 2.15. The summed E-state index contributed by atoms with van der Waals surface area (Å²) < 4.78 is 27.5. The molecule has 2 atom stereocenters.